The monoisotopic (exact) mass is 665 g/mol. The average molecular weight is 666 g/mol. The van der Waals surface area contributed by atoms with Crippen LogP contribution in [-0.2, 0) is 0 Å². The van der Waals surface area contributed by atoms with Gasteiger partial charge in [0.2, 0.25) is 0 Å². The van der Waals surface area contributed by atoms with Crippen molar-refractivity contribution in [2.75, 3.05) is 0 Å². The van der Waals surface area contributed by atoms with Gasteiger partial charge < -0.3 is 4.42 Å². The number of pyridine rings is 1. The van der Waals surface area contributed by atoms with Gasteiger partial charge in [-0.25, -0.2) is 19.9 Å². The summed E-state index contributed by atoms with van der Waals surface area (Å²) in [6, 6.07) is 54.3. The molecule has 6 nitrogen and oxygen atoms in total. The van der Waals surface area contributed by atoms with Gasteiger partial charge in [0.15, 0.2) is 17.5 Å². The maximum absolute atomic E-state index is 6.10. The lowest BCUT2D eigenvalue weighted by atomic mass is 9.95. The maximum Gasteiger partial charge on any atom is 0.164 e. The smallest absolute Gasteiger partial charge is 0.164 e. The van der Waals surface area contributed by atoms with E-state index in [0.717, 1.165) is 71.8 Å². The van der Waals surface area contributed by atoms with Gasteiger partial charge in [0.05, 0.1) is 11.0 Å². The van der Waals surface area contributed by atoms with Crippen LogP contribution in [0.25, 0.3) is 105 Å². The summed E-state index contributed by atoms with van der Waals surface area (Å²) < 4.78 is 8.29. The molecule has 6 heteroatoms. The standard InChI is InChI=1S/C46H27N5O/c1-2-10-29(11-3-1)44-48-45(50-46(49-44)32-22-24-40-38(27-32)34-13-6-7-15-39(34)52-40)30-19-17-28(18-20-30)31-21-23-36-37(26-31)33-12-4-5-14-35(33)42-43(36)51-25-9-8-16-41(51)47-42/h1-27H. The minimum atomic E-state index is 0.611. The molecule has 0 unspecified atom stereocenters. The summed E-state index contributed by atoms with van der Waals surface area (Å²) in [5, 5.41) is 6.83. The number of para-hydroxylation sites is 1. The van der Waals surface area contributed by atoms with Crippen LogP contribution in [0.3, 0.4) is 0 Å². The Kier molecular flexibility index (Phi) is 6.15. The van der Waals surface area contributed by atoms with E-state index in [9.17, 15) is 0 Å². The molecule has 7 aromatic carbocycles. The highest BCUT2D eigenvalue weighted by atomic mass is 16.3. The Balaban J connectivity index is 1.03. The highest BCUT2D eigenvalue weighted by Crippen LogP contribution is 2.38. The fraction of sp³-hybridized carbons (Fsp3) is 0. The Morgan fingerprint density at radius 3 is 1.79 bits per heavy atom. The summed E-state index contributed by atoms with van der Waals surface area (Å²) in [5.74, 6) is 1.86. The molecule has 0 aliphatic rings. The predicted molar refractivity (Wildman–Crippen MR) is 210 cm³/mol. The van der Waals surface area contributed by atoms with Crippen molar-refractivity contribution in [2.45, 2.75) is 0 Å². The van der Waals surface area contributed by atoms with Gasteiger partial charge in [-0.1, -0.05) is 115 Å². The molecule has 0 fully saturated rings. The summed E-state index contributed by atoms with van der Waals surface area (Å²) >= 11 is 0. The van der Waals surface area contributed by atoms with Crippen molar-refractivity contribution < 1.29 is 4.42 Å². The topological polar surface area (TPSA) is 69.1 Å². The first kappa shape index (κ1) is 28.6. The van der Waals surface area contributed by atoms with Crippen LogP contribution in [0, 0.1) is 0 Å². The molecule has 0 radical (unpaired) electrons. The van der Waals surface area contributed by atoms with E-state index in [4.69, 9.17) is 24.4 Å². The number of benzene rings is 7. The minimum Gasteiger partial charge on any atom is -0.456 e. The van der Waals surface area contributed by atoms with Crippen molar-refractivity contribution in [1.29, 1.82) is 0 Å². The van der Waals surface area contributed by atoms with Crippen LogP contribution < -0.4 is 0 Å². The first-order valence-electron chi connectivity index (χ1n) is 17.3. The second-order valence-corrected chi connectivity index (χ2v) is 13.1. The number of rotatable bonds is 4. The molecule has 11 aromatic rings. The molecule has 0 aliphatic carbocycles. The second-order valence-electron chi connectivity index (χ2n) is 13.1. The zero-order chi connectivity index (χ0) is 34.2. The van der Waals surface area contributed by atoms with Crippen LogP contribution in [0.2, 0.25) is 0 Å². The molecule has 0 N–H and O–H groups in total. The van der Waals surface area contributed by atoms with Crippen molar-refractivity contribution in [3.63, 3.8) is 0 Å². The first-order chi connectivity index (χ1) is 25.7. The van der Waals surface area contributed by atoms with Gasteiger partial charge in [0, 0.05) is 44.4 Å². The third-order valence-electron chi connectivity index (χ3n) is 10.1. The normalized spacial score (nSPS) is 11.8. The van der Waals surface area contributed by atoms with Crippen molar-refractivity contribution in [1.82, 2.24) is 24.3 Å². The minimum absolute atomic E-state index is 0.611. The number of nitrogens with zero attached hydrogens (tertiary/aromatic N) is 5. The molecule has 0 saturated heterocycles. The Bertz CT molecular complexity index is 3180. The lowest BCUT2D eigenvalue weighted by Gasteiger charge is -2.11. The molecular weight excluding hydrogens is 639 g/mol. The summed E-state index contributed by atoms with van der Waals surface area (Å²) in [5.41, 5.74) is 9.80. The van der Waals surface area contributed by atoms with E-state index < -0.39 is 0 Å². The van der Waals surface area contributed by atoms with Crippen LogP contribution in [-0.4, -0.2) is 24.3 Å². The summed E-state index contributed by atoms with van der Waals surface area (Å²) in [7, 11) is 0. The van der Waals surface area contributed by atoms with Crippen LogP contribution >= 0.6 is 0 Å². The molecular formula is C46H27N5O. The van der Waals surface area contributed by atoms with Crippen molar-refractivity contribution in [3.8, 4) is 45.3 Å². The quantitative estimate of drug-likeness (QED) is 0.175. The first-order valence-corrected chi connectivity index (χ1v) is 17.3. The summed E-state index contributed by atoms with van der Waals surface area (Å²) in [6.07, 6.45) is 2.10. The van der Waals surface area contributed by atoms with Gasteiger partial charge in [0.25, 0.3) is 0 Å². The number of hydrogen-bond donors (Lipinski definition) is 0. The van der Waals surface area contributed by atoms with Crippen LogP contribution in [0.5, 0.6) is 0 Å². The third-order valence-corrected chi connectivity index (χ3v) is 10.1. The number of fused-ring (bicyclic) bond motifs is 11. The van der Waals surface area contributed by atoms with E-state index in [1.165, 1.54) is 16.2 Å². The molecule has 0 bridgehead atoms. The molecule has 4 aromatic heterocycles. The van der Waals surface area contributed by atoms with Crippen molar-refractivity contribution >= 4 is 60.2 Å². The highest BCUT2D eigenvalue weighted by Gasteiger charge is 2.17. The Morgan fingerprint density at radius 2 is 0.962 bits per heavy atom. The van der Waals surface area contributed by atoms with Crippen LogP contribution in [0.15, 0.2) is 168 Å². The van der Waals surface area contributed by atoms with Crippen LogP contribution in [0.4, 0.5) is 0 Å². The lowest BCUT2D eigenvalue weighted by molar-refractivity contribution is 0.669. The summed E-state index contributed by atoms with van der Waals surface area (Å²) in [4.78, 5) is 20.0. The summed E-state index contributed by atoms with van der Waals surface area (Å²) in [6.45, 7) is 0. The fourth-order valence-electron chi connectivity index (χ4n) is 7.55. The SMILES string of the molecule is c1ccc(-c2nc(-c3ccc(-c4ccc5c(c4)c4ccccc4c4nc6ccccn6c54)cc3)nc(-c3ccc4oc5ccccc5c4c3)n2)cc1. The van der Waals surface area contributed by atoms with E-state index in [0.29, 0.717) is 17.5 Å². The average Bonchev–Trinajstić information content (AvgIpc) is 3.80. The van der Waals surface area contributed by atoms with Gasteiger partial charge in [-0.15, -0.1) is 0 Å². The van der Waals surface area contributed by atoms with Crippen molar-refractivity contribution in [3.05, 3.63) is 164 Å². The fourth-order valence-corrected chi connectivity index (χ4v) is 7.55. The van der Waals surface area contributed by atoms with Gasteiger partial charge in [-0.05, 0) is 64.4 Å². The zero-order valence-electron chi connectivity index (χ0n) is 27.7. The predicted octanol–water partition coefficient (Wildman–Crippen LogP) is 11.5. The molecule has 0 aliphatic heterocycles. The van der Waals surface area contributed by atoms with Crippen LogP contribution in [0.1, 0.15) is 0 Å². The maximum atomic E-state index is 6.10. The number of imidazole rings is 1. The molecule has 242 valence electrons. The largest absolute Gasteiger partial charge is 0.456 e. The van der Waals surface area contributed by atoms with Gasteiger partial charge >= 0.3 is 0 Å². The molecule has 52 heavy (non-hydrogen) atoms. The van der Waals surface area contributed by atoms with Crippen molar-refractivity contribution in [2.24, 2.45) is 0 Å². The van der Waals surface area contributed by atoms with E-state index in [-0.39, 0.29) is 0 Å². The zero-order valence-corrected chi connectivity index (χ0v) is 27.7. The van der Waals surface area contributed by atoms with Gasteiger partial charge in [0.1, 0.15) is 16.8 Å². The van der Waals surface area contributed by atoms with E-state index >= 15 is 0 Å². The molecule has 0 atom stereocenters. The molecule has 0 saturated carbocycles. The Morgan fingerprint density at radius 1 is 0.365 bits per heavy atom. The Labute approximate surface area is 297 Å². The molecule has 4 heterocycles. The number of aromatic nitrogens is 5. The lowest BCUT2D eigenvalue weighted by Crippen LogP contribution is -2.00. The number of hydrogen-bond acceptors (Lipinski definition) is 5. The highest BCUT2D eigenvalue weighted by molar-refractivity contribution is 6.24. The number of furan rings is 1. The second kappa shape index (κ2) is 11.2. The van der Waals surface area contributed by atoms with E-state index in [1.807, 2.05) is 66.7 Å². The van der Waals surface area contributed by atoms with E-state index in [1.54, 1.807) is 0 Å². The third kappa shape index (κ3) is 4.44. The van der Waals surface area contributed by atoms with Gasteiger partial charge in [-0.3, -0.25) is 4.40 Å². The molecule has 0 amide bonds. The Hall–Kier alpha value is -7.18. The molecule has 11 rings (SSSR count). The molecule has 0 spiro atoms. The van der Waals surface area contributed by atoms with Gasteiger partial charge in [-0.2, -0.15) is 0 Å². The van der Waals surface area contributed by atoms with E-state index in [2.05, 4.69) is 102 Å².